The van der Waals surface area contributed by atoms with Gasteiger partial charge < -0.3 is 5.11 Å². The topological polar surface area (TPSA) is 20.2 Å². The van der Waals surface area contributed by atoms with Gasteiger partial charge in [-0.1, -0.05) is 37.6 Å². The van der Waals surface area contributed by atoms with Crippen LogP contribution in [-0.2, 0) is 12.0 Å². The summed E-state index contributed by atoms with van der Waals surface area (Å²) in [5, 5.41) is 9.60. The van der Waals surface area contributed by atoms with Gasteiger partial charge in [0.25, 0.3) is 0 Å². The molecule has 0 aliphatic carbocycles. The molecule has 0 aliphatic heterocycles. The molecule has 0 aliphatic rings. The summed E-state index contributed by atoms with van der Waals surface area (Å²) in [6, 6.07) is 6.15. The lowest BCUT2D eigenvalue weighted by molar-refractivity contribution is -0.259. The number of rotatable bonds is 3. The highest BCUT2D eigenvalue weighted by Crippen LogP contribution is 2.39. The lowest BCUT2D eigenvalue weighted by Crippen LogP contribution is -2.40. The van der Waals surface area contributed by atoms with Gasteiger partial charge in [0.15, 0.2) is 5.60 Å². The third kappa shape index (κ3) is 2.38. The zero-order chi connectivity index (χ0) is 12.4. The normalized spacial score (nSPS) is 15.9. The van der Waals surface area contributed by atoms with E-state index in [1.807, 2.05) is 6.92 Å². The summed E-state index contributed by atoms with van der Waals surface area (Å²) in [5.41, 5.74) is -2.28. The molecule has 16 heavy (non-hydrogen) atoms. The summed E-state index contributed by atoms with van der Waals surface area (Å²) in [6.45, 7) is 2.68. The van der Waals surface area contributed by atoms with E-state index in [2.05, 4.69) is 0 Å². The minimum atomic E-state index is -4.66. The third-order valence-corrected chi connectivity index (χ3v) is 2.61. The van der Waals surface area contributed by atoms with Gasteiger partial charge in [-0.05, 0) is 24.5 Å². The highest BCUT2D eigenvalue weighted by molar-refractivity contribution is 5.33. The summed E-state index contributed by atoms with van der Waals surface area (Å²) in [6.07, 6.45) is -3.38. The standard InChI is InChI=1S/C12H15F3O/c1-3-6-9-7-4-5-8-10(9)11(2,16)12(13,14)15/h4-5,7-8,16H,3,6H2,1-2H3. The number of benzene rings is 1. The second-order valence-electron chi connectivity index (χ2n) is 3.98. The lowest BCUT2D eigenvalue weighted by Gasteiger charge is -2.28. The quantitative estimate of drug-likeness (QED) is 0.846. The van der Waals surface area contributed by atoms with Crippen molar-refractivity contribution >= 4 is 0 Å². The average molecular weight is 232 g/mol. The molecule has 1 aromatic carbocycles. The summed E-state index contributed by atoms with van der Waals surface area (Å²) >= 11 is 0. The molecule has 0 saturated heterocycles. The Balaban J connectivity index is 3.21. The van der Waals surface area contributed by atoms with Crippen molar-refractivity contribution in [1.82, 2.24) is 0 Å². The second-order valence-corrected chi connectivity index (χ2v) is 3.98. The van der Waals surface area contributed by atoms with Crippen LogP contribution >= 0.6 is 0 Å². The Labute approximate surface area is 92.9 Å². The van der Waals surface area contributed by atoms with Gasteiger partial charge in [-0.15, -0.1) is 0 Å². The maximum absolute atomic E-state index is 12.7. The number of halogens is 3. The van der Waals surface area contributed by atoms with E-state index in [1.165, 1.54) is 12.1 Å². The molecule has 1 atom stereocenters. The van der Waals surface area contributed by atoms with Gasteiger partial charge in [0.05, 0.1) is 0 Å². The van der Waals surface area contributed by atoms with Crippen molar-refractivity contribution in [2.45, 2.75) is 38.5 Å². The number of alkyl halides is 3. The molecule has 1 N–H and O–H groups in total. The molecular weight excluding hydrogens is 217 g/mol. The predicted octanol–water partition coefficient (Wildman–Crippen LogP) is 3.41. The van der Waals surface area contributed by atoms with Gasteiger partial charge in [0.1, 0.15) is 0 Å². The number of aryl methyl sites for hydroxylation is 1. The van der Waals surface area contributed by atoms with E-state index in [0.29, 0.717) is 12.0 Å². The smallest absolute Gasteiger partial charge is 0.376 e. The fourth-order valence-corrected chi connectivity index (χ4v) is 1.64. The molecule has 0 heterocycles. The molecule has 0 saturated carbocycles. The Hall–Kier alpha value is -1.03. The fraction of sp³-hybridized carbons (Fsp3) is 0.500. The largest absolute Gasteiger partial charge is 0.421 e. The molecular formula is C12H15F3O. The van der Waals surface area contributed by atoms with Crippen LogP contribution in [-0.4, -0.2) is 11.3 Å². The van der Waals surface area contributed by atoms with Crippen molar-refractivity contribution < 1.29 is 18.3 Å². The van der Waals surface area contributed by atoms with E-state index in [4.69, 9.17) is 0 Å². The van der Waals surface area contributed by atoms with Gasteiger partial charge in [-0.25, -0.2) is 0 Å². The van der Waals surface area contributed by atoms with Crippen molar-refractivity contribution in [3.8, 4) is 0 Å². The van der Waals surface area contributed by atoms with Gasteiger partial charge in [-0.2, -0.15) is 13.2 Å². The Bertz CT molecular complexity index is 356. The van der Waals surface area contributed by atoms with Gasteiger partial charge in [0.2, 0.25) is 0 Å². The van der Waals surface area contributed by atoms with Crippen molar-refractivity contribution in [2.75, 3.05) is 0 Å². The third-order valence-electron chi connectivity index (χ3n) is 2.61. The first kappa shape index (κ1) is 13.0. The molecule has 0 spiro atoms. The van der Waals surface area contributed by atoms with Crippen molar-refractivity contribution in [3.63, 3.8) is 0 Å². The summed E-state index contributed by atoms with van der Waals surface area (Å²) in [7, 11) is 0. The maximum atomic E-state index is 12.7. The van der Waals surface area contributed by atoms with Crippen molar-refractivity contribution in [1.29, 1.82) is 0 Å². The Morgan fingerprint density at radius 3 is 2.25 bits per heavy atom. The van der Waals surface area contributed by atoms with E-state index >= 15 is 0 Å². The Morgan fingerprint density at radius 2 is 1.75 bits per heavy atom. The fourth-order valence-electron chi connectivity index (χ4n) is 1.64. The van der Waals surface area contributed by atoms with Crippen molar-refractivity contribution in [3.05, 3.63) is 35.4 Å². The van der Waals surface area contributed by atoms with Crippen LogP contribution in [0.2, 0.25) is 0 Å². The average Bonchev–Trinajstić information content (AvgIpc) is 2.17. The number of hydrogen-bond donors (Lipinski definition) is 1. The molecule has 90 valence electrons. The van der Waals surface area contributed by atoms with E-state index < -0.39 is 11.8 Å². The van der Waals surface area contributed by atoms with Crippen LogP contribution in [0.25, 0.3) is 0 Å². The summed E-state index contributed by atoms with van der Waals surface area (Å²) < 4.78 is 38.1. The van der Waals surface area contributed by atoms with Gasteiger partial charge in [-0.3, -0.25) is 0 Å². The number of aliphatic hydroxyl groups is 1. The lowest BCUT2D eigenvalue weighted by atomic mass is 9.89. The molecule has 0 amide bonds. The van der Waals surface area contributed by atoms with Gasteiger partial charge >= 0.3 is 6.18 Å². The molecule has 0 aromatic heterocycles. The molecule has 0 bridgehead atoms. The van der Waals surface area contributed by atoms with E-state index in [1.54, 1.807) is 12.1 Å². The molecule has 1 nitrogen and oxygen atoms in total. The van der Waals surface area contributed by atoms with Crippen molar-refractivity contribution in [2.24, 2.45) is 0 Å². The first-order valence-electron chi connectivity index (χ1n) is 5.18. The van der Waals surface area contributed by atoms with Gasteiger partial charge in [0, 0.05) is 0 Å². The first-order chi connectivity index (χ1) is 7.30. The minimum Gasteiger partial charge on any atom is -0.376 e. The highest BCUT2D eigenvalue weighted by atomic mass is 19.4. The van der Waals surface area contributed by atoms with E-state index in [-0.39, 0.29) is 5.56 Å². The SMILES string of the molecule is CCCc1ccccc1C(C)(O)C(F)(F)F. The van der Waals surface area contributed by atoms with Crippen LogP contribution in [0.5, 0.6) is 0 Å². The zero-order valence-electron chi connectivity index (χ0n) is 9.30. The van der Waals surface area contributed by atoms with Crippen LogP contribution in [0.3, 0.4) is 0 Å². The molecule has 1 unspecified atom stereocenters. The zero-order valence-corrected chi connectivity index (χ0v) is 9.30. The number of hydrogen-bond acceptors (Lipinski definition) is 1. The molecule has 1 rings (SSSR count). The van der Waals surface area contributed by atoms with Crippen LogP contribution in [0.15, 0.2) is 24.3 Å². The van der Waals surface area contributed by atoms with Crippen LogP contribution in [0.4, 0.5) is 13.2 Å². The molecule has 1 aromatic rings. The molecule has 4 heteroatoms. The monoisotopic (exact) mass is 232 g/mol. The maximum Gasteiger partial charge on any atom is 0.421 e. The molecule has 0 radical (unpaired) electrons. The highest BCUT2D eigenvalue weighted by Gasteiger charge is 2.51. The predicted molar refractivity (Wildman–Crippen MR) is 56.1 cm³/mol. The van der Waals surface area contributed by atoms with E-state index in [9.17, 15) is 18.3 Å². The first-order valence-corrected chi connectivity index (χ1v) is 5.18. The second kappa shape index (κ2) is 4.45. The molecule has 0 fully saturated rings. The van der Waals surface area contributed by atoms with Crippen LogP contribution in [0.1, 0.15) is 31.4 Å². The van der Waals surface area contributed by atoms with Crippen LogP contribution in [0, 0.1) is 0 Å². The Morgan fingerprint density at radius 1 is 1.19 bits per heavy atom. The van der Waals surface area contributed by atoms with E-state index in [0.717, 1.165) is 13.3 Å². The summed E-state index contributed by atoms with van der Waals surface area (Å²) in [5.74, 6) is 0. The van der Waals surface area contributed by atoms with Crippen LogP contribution < -0.4 is 0 Å². The minimum absolute atomic E-state index is 0.0515. The Kier molecular flexibility index (Phi) is 3.63. The summed E-state index contributed by atoms with van der Waals surface area (Å²) in [4.78, 5) is 0.